The number of methoxy groups -OCH3 is 1. The van der Waals surface area contributed by atoms with Gasteiger partial charge in [0.05, 0.1) is 5.60 Å². The number of aliphatic hydroxyl groups is 1. The first-order valence-electron chi connectivity index (χ1n) is 4.87. The third kappa shape index (κ3) is 2.71. The minimum atomic E-state index is -0.680. The Morgan fingerprint density at radius 1 is 1.40 bits per heavy atom. The predicted octanol–water partition coefficient (Wildman–Crippen LogP) is 3.11. The Hall–Kier alpha value is -0.570. The summed E-state index contributed by atoms with van der Waals surface area (Å²) in [5.74, 6) is 0. The zero-order valence-electron chi connectivity index (χ0n) is 9.54. The first-order chi connectivity index (χ1) is 6.88. The van der Waals surface area contributed by atoms with Crippen LogP contribution in [0.1, 0.15) is 31.1 Å². The molecule has 0 saturated heterocycles. The molecule has 0 amide bonds. The maximum atomic E-state index is 10.1. The standard InChI is InChI=1S/C12H17ClO2/c1-8-5-6-9(7-10(8)13)11(14)12(2,3)15-4/h5-7,11,14H,1-4H3. The SMILES string of the molecule is COC(C)(C)C(O)c1ccc(C)c(Cl)c1. The van der Waals surface area contributed by atoms with Crippen LogP contribution in [0.2, 0.25) is 5.02 Å². The number of aryl methyl sites for hydroxylation is 1. The second-order valence-corrected chi connectivity index (χ2v) is 4.63. The number of rotatable bonds is 3. The van der Waals surface area contributed by atoms with E-state index in [-0.39, 0.29) is 0 Å². The molecule has 1 atom stereocenters. The Labute approximate surface area is 95.8 Å². The lowest BCUT2D eigenvalue weighted by atomic mass is 9.94. The maximum Gasteiger partial charge on any atom is 0.107 e. The second-order valence-electron chi connectivity index (χ2n) is 4.22. The average molecular weight is 229 g/mol. The van der Waals surface area contributed by atoms with Crippen LogP contribution in [-0.2, 0) is 4.74 Å². The van der Waals surface area contributed by atoms with E-state index in [0.717, 1.165) is 11.1 Å². The smallest absolute Gasteiger partial charge is 0.107 e. The van der Waals surface area contributed by atoms with Crippen molar-refractivity contribution in [3.63, 3.8) is 0 Å². The minimum Gasteiger partial charge on any atom is -0.385 e. The molecule has 0 fully saturated rings. The molecule has 0 radical (unpaired) electrons. The van der Waals surface area contributed by atoms with Crippen LogP contribution in [0.3, 0.4) is 0 Å². The van der Waals surface area contributed by atoms with Gasteiger partial charge >= 0.3 is 0 Å². The summed E-state index contributed by atoms with van der Waals surface area (Å²) in [6.07, 6.45) is -0.680. The molecule has 0 aliphatic heterocycles. The highest BCUT2D eigenvalue weighted by atomic mass is 35.5. The number of hydrogen-bond donors (Lipinski definition) is 1. The lowest BCUT2D eigenvalue weighted by molar-refractivity contribution is -0.0793. The van der Waals surface area contributed by atoms with Gasteiger partial charge in [0.2, 0.25) is 0 Å². The van der Waals surface area contributed by atoms with E-state index in [0.29, 0.717) is 5.02 Å². The number of aliphatic hydroxyl groups excluding tert-OH is 1. The van der Waals surface area contributed by atoms with E-state index < -0.39 is 11.7 Å². The molecule has 0 heterocycles. The summed E-state index contributed by atoms with van der Waals surface area (Å²) in [5, 5.41) is 10.7. The molecule has 1 aromatic rings. The van der Waals surface area contributed by atoms with Gasteiger partial charge in [-0.15, -0.1) is 0 Å². The highest BCUT2D eigenvalue weighted by Gasteiger charge is 2.28. The molecule has 0 aliphatic rings. The molecule has 0 saturated carbocycles. The fourth-order valence-corrected chi connectivity index (χ4v) is 1.48. The highest BCUT2D eigenvalue weighted by molar-refractivity contribution is 6.31. The normalized spacial score (nSPS) is 14.0. The fourth-order valence-electron chi connectivity index (χ4n) is 1.29. The topological polar surface area (TPSA) is 29.5 Å². The molecular weight excluding hydrogens is 212 g/mol. The number of ether oxygens (including phenoxy) is 1. The third-order valence-corrected chi connectivity index (χ3v) is 3.10. The summed E-state index contributed by atoms with van der Waals surface area (Å²) in [7, 11) is 1.58. The van der Waals surface area contributed by atoms with Crippen LogP contribution >= 0.6 is 11.6 Å². The molecule has 0 aromatic heterocycles. The minimum absolute atomic E-state index is 0.613. The molecular formula is C12H17ClO2. The number of benzene rings is 1. The van der Waals surface area contributed by atoms with Gasteiger partial charge in [0.15, 0.2) is 0 Å². The van der Waals surface area contributed by atoms with Crippen molar-refractivity contribution < 1.29 is 9.84 Å². The molecule has 1 unspecified atom stereocenters. The Kier molecular flexibility index (Phi) is 3.77. The van der Waals surface area contributed by atoms with E-state index in [1.54, 1.807) is 13.2 Å². The van der Waals surface area contributed by atoms with E-state index in [4.69, 9.17) is 16.3 Å². The van der Waals surface area contributed by atoms with Crippen LogP contribution in [0.5, 0.6) is 0 Å². The summed E-state index contributed by atoms with van der Waals surface area (Å²) in [6, 6.07) is 5.54. The summed E-state index contributed by atoms with van der Waals surface area (Å²) in [5.41, 5.74) is 1.17. The molecule has 84 valence electrons. The van der Waals surface area contributed by atoms with Crippen LogP contribution in [0.15, 0.2) is 18.2 Å². The Morgan fingerprint density at radius 2 is 2.00 bits per heavy atom. The van der Waals surface area contributed by atoms with Gasteiger partial charge in [-0.1, -0.05) is 23.7 Å². The van der Waals surface area contributed by atoms with E-state index in [2.05, 4.69) is 0 Å². The largest absolute Gasteiger partial charge is 0.385 e. The first kappa shape index (κ1) is 12.5. The third-order valence-electron chi connectivity index (χ3n) is 2.70. The van der Waals surface area contributed by atoms with Gasteiger partial charge in [0.25, 0.3) is 0 Å². The average Bonchev–Trinajstić information content (AvgIpc) is 2.21. The summed E-state index contributed by atoms with van der Waals surface area (Å²) >= 11 is 6.00. The molecule has 15 heavy (non-hydrogen) atoms. The van der Waals surface area contributed by atoms with Gasteiger partial charge < -0.3 is 9.84 Å². The summed E-state index contributed by atoms with van der Waals surface area (Å²) in [4.78, 5) is 0. The van der Waals surface area contributed by atoms with Gasteiger partial charge in [-0.2, -0.15) is 0 Å². The van der Waals surface area contributed by atoms with Crippen molar-refractivity contribution in [1.82, 2.24) is 0 Å². The van der Waals surface area contributed by atoms with Crippen LogP contribution in [0, 0.1) is 6.92 Å². The Balaban J connectivity index is 3.02. The second kappa shape index (κ2) is 4.52. The van der Waals surface area contributed by atoms with Crippen molar-refractivity contribution in [3.05, 3.63) is 34.3 Å². The van der Waals surface area contributed by atoms with Gasteiger partial charge in [-0.3, -0.25) is 0 Å². The highest BCUT2D eigenvalue weighted by Crippen LogP contribution is 2.30. The quantitative estimate of drug-likeness (QED) is 0.862. The number of halogens is 1. The molecule has 0 bridgehead atoms. The zero-order chi connectivity index (χ0) is 11.6. The fraction of sp³-hybridized carbons (Fsp3) is 0.500. The van der Waals surface area contributed by atoms with E-state index in [9.17, 15) is 5.11 Å². The zero-order valence-corrected chi connectivity index (χ0v) is 10.3. The lowest BCUT2D eigenvalue weighted by Crippen LogP contribution is -2.31. The van der Waals surface area contributed by atoms with Crippen molar-refractivity contribution in [2.45, 2.75) is 32.5 Å². The molecule has 2 nitrogen and oxygen atoms in total. The van der Waals surface area contributed by atoms with Crippen LogP contribution in [-0.4, -0.2) is 17.8 Å². The van der Waals surface area contributed by atoms with Crippen molar-refractivity contribution in [3.8, 4) is 0 Å². The molecule has 0 aliphatic carbocycles. The predicted molar refractivity (Wildman–Crippen MR) is 62.2 cm³/mol. The van der Waals surface area contributed by atoms with Crippen molar-refractivity contribution >= 4 is 11.6 Å². The van der Waals surface area contributed by atoms with Crippen molar-refractivity contribution in [2.24, 2.45) is 0 Å². The Bertz CT molecular complexity index is 347. The van der Waals surface area contributed by atoms with E-state index in [1.165, 1.54) is 0 Å². The van der Waals surface area contributed by atoms with Crippen molar-refractivity contribution in [2.75, 3.05) is 7.11 Å². The van der Waals surface area contributed by atoms with Gasteiger partial charge in [-0.25, -0.2) is 0 Å². The Morgan fingerprint density at radius 3 is 2.47 bits per heavy atom. The molecule has 3 heteroatoms. The summed E-state index contributed by atoms with van der Waals surface area (Å²) in [6.45, 7) is 5.61. The monoisotopic (exact) mass is 228 g/mol. The van der Waals surface area contributed by atoms with Crippen LogP contribution in [0.4, 0.5) is 0 Å². The molecule has 0 spiro atoms. The van der Waals surface area contributed by atoms with Crippen molar-refractivity contribution in [1.29, 1.82) is 0 Å². The summed E-state index contributed by atoms with van der Waals surface area (Å²) < 4.78 is 5.23. The first-order valence-corrected chi connectivity index (χ1v) is 5.25. The maximum absolute atomic E-state index is 10.1. The molecule has 1 N–H and O–H groups in total. The van der Waals surface area contributed by atoms with Crippen LogP contribution < -0.4 is 0 Å². The number of hydrogen-bond acceptors (Lipinski definition) is 2. The van der Waals surface area contributed by atoms with Gasteiger partial charge in [0.1, 0.15) is 6.10 Å². The van der Waals surface area contributed by atoms with E-state index in [1.807, 2.05) is 32.9 Å². The van der Waals surface area contributed by atoms with E-state index >= 15 is 0 Å². The molecule has 1 rings (SSSR count). The lowest BCUT2D eigenvalue weighted by Gasteiger charge is -2.29. The van der Waals surface area contributed by atoms with Gasteiger partial charge in [-0.05, 0) is 38.0 Å². The molecule has 1 aromatic carbocycles. The van der Waals surface area contributed by atoms with Gasteiger partial charge in [0, 0.05) is 12.1 Å². The van der Waals surface area contributed by atoms with Crippen LogP contribution in [0.25, 0.3) is 0 Å².